The lowest BCUT2D eigenvalue weighted by Crippen LogP contribution is -2.37. The summed E-state index contributed by atoms with van der Waals surface area (Å²) in [5.41, 5.74) is 4.69. The maximum absolute atomic E-state index is 11.5. The van der Waals surface area contributed by atoms with Gasteiger partial charge in [-0.1, -0.05) is 38.5 Å². The van der Waals surface area contributed by atoms with E-state index in [-0.39, 0.29) is 6.79 Å². The number of nitrogens with zero attached hydrogens (tertiary/aromatic N) is 1. The number of quaternary nitrogens is 1. The molecule has 1 atom stereocenters. The van der Waals surface area contributed by atoms with E-state index in [2.05, 4.69) is 35.0 Å². The van der Waals surface area contributed by atoms with Gasteiger partial charge in [0.2, 0.25) is 0 Å². The lowest BCUT2D eigenvalue weighted by molar-refractivity contribution is -0.870. The molecular weight excluding hydrogens is 541 g/mol. The fourth-order valence-electron chi connectivity index (χ4n) is 3.85. The van der Waals surface area contributed by atoms with Gasteiger partial charge in [-0.25, -0.2) is 0 Å². The van der Waals surface area contributed by atoms with Crippen LogP contribution in [0.1, 0.15) is 43.9 Å². The molecule has 0 aromatic heterocycles. The standard InChI is InChI=1S/C29H37NO7P.C3H8/c1-8-9-25-27(14-16-31)37-28-19-23(34-20-36-38(33-7)35-17-15-30(3,4)5)11-13-26(28)29(25)24-12-10-22(32-6)18-21(24)2;1-3-2/h8-14,16,18-19H,15,17,20H2,1-7H3;3H2,1-2H3/q+1;/b9-8-,27-14+;. The van der Waals surface area contributed by atoms with E-state index in [0.29, 0.717) is 23.9 Å². The highest BCUT2D eigenvalue weighted by Gasteiger charge is 2.26. The molecule has 3 rings (SSSR count). The van der Waals surface area contributed by atoms with Crippen molar-refractivity contribution in [2.24, 2.45) is 0 Å². The second kappa shape index (κ2) is 17.1. The molecule has 2 aromatic rings. The van der Waals surface area contributed by atoms with Crippen molar-refractivity contribution in [3.05, 3.63) is 82.6 Å². The minimum absolute atomic E-state index is 0.0517. The largest absolute Gasteiger partial charge is 0.497 e. The fraction of sp³-hybridized carbons (Fsp3) is 0.406. The van der Waals surface area contributed by atoms with Crippen LogP contribution in [0.4, 0.5) is 0 Å². The molecule has 1 heterocycles. The number of methoxy groups -OCH3 is 1. The van der Waals surface area contributed by atoms with Crippen LogP contribution >= 0.6 is 8.60 Å². The van der Waals surface area contributed by atoms with Crippen molar-refractivity contribution in [1.29, 1.82) is 0 Å². The summed E-state index contributed by atoms with van der Waals surface area (Å²) in [5, 5.41) is 0. The van der Waals surface area contributed by atoms with E-state index < -0.39 is 8.60 Å². The number of aldehydes is 1. The topological polar surface area (TPSA) is 72.5 Å². The number of benzene rings is 2. The quantitative estimate of drug-likeness (QED) is 0.0807. The van der Waals surface area contributed by atoms with E-state index in [9.17, 15) is 4.79 Å². The van der Waals surface area contributed by atoms with E-state index in [1.165, 1.54) is 12.5 Å². The van der Waals surface area contributed by atoms with E-state index in [1.54, 1.807) is 20.3 Å². The summed E-state index contributed by atoms with van der Waals surface area (Å²) in [4.78, 5) is 11.5. The predicted molar refractivity (Wildman–Crippen MR) is 165 cm³/mol. The average molecular weight is 587 g/mol. The van der Waals surface area contributed by atoms with Gasteiger partial charge in [0, 0.05) is 36.0 Å². The Balaban J connectivity index is 0.00000187. The number of fused-ring (bicyclic) bond motifs is 1. The highest BCUT2D eigenvalue weighted by Crippen LogP contribution is 2.45. The monoisotopic (exact) mass is 586 g/mol. The van der Waals surface area contributed by atoms with Crippen LogP contribution in [0.5, 0.6) is 17.2 Å². The molecule has 0 saturated heterocycles. The Kier molecular flexibility index (Phi) is 14.2. The van der Waals surface area contributed by atoms with E-state index in [0.717, 1.165) is 50.9 Å². The molecule has 0 spiro atoms. The van der Waals surface area contributed by atoms with Crippen molar-refractivity contribution in [2.45, 2.75) is 34.1 Å². The van der Waals surface area contributed by atoms with Crippen LogP contribution in [-0.2, 0) is 18.4 Å². The molecule has 9 heteroatoms. The number of carbonyl (C=O) groups excluding carboxylic acids is 1. The van der Waals surface area contributed by atoms with E-state index >= 15 is 0 Å². The molecule has 1 unspecified atom stereocenters. The van der Waals surface area contributed by atoms with Crippen LogP contribution < -0.4 is 14.2 Å². The van der Waals surface area contributed by atoms with Crippen molar-refractivity contribution in [2.75, 3.05) is 55.3 Å². The molecule has 0 radical (unpaired) electrons. The highest BCUT2D eigenvalue weighted by atomic mass is 31.2. The van der Waals surface area contributed by atoms with Gasteiger partial charge < -0.3 is 27.7 Å². The molecule has 2 aromatic carbocycles. The van der Waals surface area contributed by atoms with Gasteiger partial charge in [0.25, 0.3) is 0 Å². The number of hydrogen-bond acceptors (Lipinski definition) is 7. The first-order valence-electron chi connectivity index (χ1n) is 13.7. The number of ether oxygens (including phenoxy) is 3. The summed E-state index contributed by atoms with van der Waals surface area (Å²) in [7, 11) is 7.94. The van der Waals surface area contributed by atoms with Gasteiger partial charge in [-0.05, 0) is 49.2 Å². The van der Waals surface area contributed by atoms with Crippen molar-refractivity contribution >= 4 is 20.5 Å². The molecule has 0 amide bonds. The van der Waals surface area contributed by atoms with Crippen molar-refractivity contribution in [1.82, 2.24) is 0 Å². The molecular formula is C32H45NO7P+. The van der Waals surface area contributed by atoms with Crippen LogP contribution in [0.25, 0.3) is 5.57 Å². The van der Waals surface area contributed by atoms with Crippen molar-refractivity contribution in [3.63, 3.8) is 0 Å². The van der Waals surface area contributed by atoms with Gasteiger partial charge in [0.15, 0.2) is 6.79 Å². The van der Waals surface area contributed by atoms with Gasteiger partial charge in [-0.15, -0.1) is 0 Å². The first-order chi connectivity index (χ1) is 19.6. The van der Waals surface area contributed by atoms with Crippen LogP contribution in [0.3, 0.4) is 0 Å². The second-order valence-electron chi connectivity index (χ2n) is 10.2. The third-order valence-electron chi connectivity index (χ3n) is 5.72. The molecule has 1 aliphatic heterocycles. The fourth-order valence-corrected chi connectivity index (χ4v) is 4.50. The molecule has 8 nitrogen and oxygen atoms in total. The zero-order valence-electron chi connectivity index (χ0n) is 25.9. The van der Waals surface area contributed by atoms with Crippen molar-refractivity contribution < 1.29 is 37.1 Å². The summed E-state index contributed by atoms with van der Waals surface area (Å²) < 4.78 is 34.8. The number of hydrogen-bond donors (Lipinski definition) is 0. The third-order valence-corrected chi connectivity index (χ3v) is 6.73. The molecule has 0 bridgehead atoms. The average Bonchev–Trinajstić information content (AvgIpc) is 2.92. The summed E-state index contributed by atoms with van der Waals surface area (Å²) in [6.45, 7) is 9.49. The maximum atomic E-state index is 11.5. The first kappa shape index (κ1) is 34.2. The molecule has 41 heavy (non-hydrogen) atoms. The lowest BCUT2D eigenvalue weighted by Gasteiger charge is -2.26. The Hall–Kier alpha value is -3.00. The molecule has 0 fully saturated rings. The van der Waals surface area contributed by atoms with Crippen LogP contribution in [-0.4, -0.2) is 66.1 Å². The zero-order valence-corrected chi connectivity index (χ0v) is 26.7. The van der Waals surface area contributed by atoms with Gasteiger partial charge in [-0.3, -0.25) is 9.32 Å². The molecule has 0 N–H and O–H groups in total. The number of carbonyl (C=O) groups is 1. The van der Waals surface area contributed by atoms with E-state index in [1.807, 2.05) is 56.3 Å². The summed E-state index contributed by atoms with van der Waals surface area (Å²) >= 11 is 0. The van der Waals surface area contributed by atoms with Crippen LogP contribution in [0.2, 0.25) is 0 Å². The Morgan fingerprint density at radius 3 is 2.24 bits per heavy atom. The van der Waals surface area contributed by atoms with Gasteiger partial charge in [0.05, 0.1) is 28.3 Å². The smallest absolute Gasteiger partial charge is 0.335 e. The summed E-state index contributed by atoms with van der Waals surface area (Å²) in [6, 6.07) is 11.5. The normalized spacial score (nSPS) is 14.7. The number of allylic oxidation sites excluding steroid dienone is 3. The molecule has 0 aliphatic carbocycles. The van der Waals surface area contributed by atoms with Gasteiger partial charge >= 0.3 is 8.60 Å². The summed E-state index contributed by atoms with van der Waals surface area (Å²) in [6.07, 6.45) is 7.27. The Labute approximate surface area is 246 Å². The van der Waals surface area contributed by atoms with Crippen LogP contribution in [0.15, 0.2) is 66.0 Å². The highest BCUT2D eigenvalue weighted by molar-refractivity contribution is 7.41. The SMILES string of the molecule is C/C=C\C1=C(c2ccc(OC)cc2C)c2ccc(OCOP(OC)OCC[N+](C)(C)C)cc2O/C1=C/C=O.CCC. The van der Waals surface area contributed by atoms with E-state index in [4.69, 9.17) is 27.8 Å². The number of likely N-dealkylation sites (N-methyl/N-ethyl adjacent to an activating group) is 1. The van der Waals surface area contributed by atoms with Crippen molar-refractivity contribution in [3.8, 4) is 17.2 Å². The third kappa shape index (κ3) is 10.4. The van der Waals surface area contributed by atoms with Crippen LogP contribution in [0, 0.1) is 6.92 Å². The van der Waals surface area contributed by atoms with Gasteiger partial charge in [0.1, 0.15) is 42.4 Å². The predicted octanol–water partition coefficient (Wildman–Crippen LogP) is 7.22. The Morgan fingerprint density at radius 1 is 0.976 bits per heavy atom. The zero-order chi connectivity index (χ0) is 30.4. The first-order valence-corrected chi connectivity index (χ1v) is 14.7. The molecule has 0 saturated carbocycles. The number of aryl methyl sites for hydroxylation is 1. The second-order valence-corrected chi connectivity index (χ2v) is 11.6. The van der Waals surface area contributed by atoms with Gasteiger partial charge in [-0.2, -0.15) is 0 Å². The summed E-state index contributed by atoms with van der Waals surface area (Å²) in [5.74, 6) is 2.35. The Morgan fingerprint density at radius 2 is 1.66 bits per heavy atom. The number of rotatable bonds is 13. The molecule has 224 valence electrons. The minimum atomic E-state index is -1.52. The molecule has 1 aliphatic rings. The maximum Gasteiger partial charge on any atom is 0.335 e. The lowest BCUT2D eigenvalue weighted by atomic mass is 9.87. The Bertz CT molecular complexity index is 1230. The minimum Gasteiger partial charge on any atom is -0.497 e.